The van der Waals surface area contributed by atoms with Gasteiger partial charge >= 0.3 is 0 Å². The lowest BCUT2D eigenvalue weighted by Crippen LogP contribution is -2.35. The summed E-state index contributed by atoms with van der Waals surface area (Å²) in [5, 5.41) is 6.12. The Morgan fingerprint density at radius 1 is 1.30 bits per heavy atom. The predicted octanol–water partition coefficient (Wildman–Crippen LogP) is 3.06. The second-order valence-electron chi connectivity index (χ2n) is 6.00. The summed E-state index contributed by atoms with van der Waals surface area (Å²) in [4.78, 5) is 18.6. The Morgan fingerprint density at radius 3 is 2.57 bits per heavy atom. The average molecular weight is 331 g/mol. The van der Waals surface area contributed by atoms with Crippen LogP contribution in [0.2, 0.25) is 0 Å². The van der Waals surface area contributed by atoms with Gasteiger partial charge in [-0.2, -0.15) is 0 Å². The number of rotatable bonds is 7. The van der Waals surface area contributed by atoms with Crippen molar-refractivity contribution in [2.24, 2.45) is 0 Å². The molecule has 0 unspecified atom stereocenters. The monoisotopic (exact) mass is 331 g/mol. The van der Waals surface area contributed by atoms with Crippen LogP contribution in [0.1, 0.15) is 30.1 Å². The van der Waals surface area contributed by atoms with E-state index in [4.69, 9.17) is 0 Å². The summed E-state index contributed by atoms with van der Waals surface area (Å²) in [6.07, 6.45) is 2.11. The third kappa shape index (κ3) is 5.36. The molecule has 0 saturated carbocycles. The summed E-state index contributed by atoms with van der Waals surface area (Å²) < 4.78 is 0. The van der Waals surface area contributed by atoms with E-state index in [9.17, 15) is 4.79 Å². The molecule has 0 spiro atoms. The van der Waals surface area contributed by atoms with Crippen LogP contribution in [0, 0.1) is 0 Å². The number of carbonyl (C=O) groups is 1. The molecule has 2 rings (SSSR count). The van der Waals surface area contributed by atoms with E-state index in [-0.39, 0.29) is 11.9 Å². The summed E-state index contributed by atoms with van der Waals surface area (Å²) in [7, 11) is 4.06. The Kier molecular flexibility index (Phi) is 6.16. The zero-order chi connectivity index (χ0) is 16.8. The van der Waals surface area contributed by atoms with E-state index in [0.717, 1.165) is 23.5 Å². The number of hydrogen-bond acceptors (Lipinski definition) is 4. The van der Waals surface area contributed by atoms with E-state index in [2.05, 4.69) is 46.4 Å². The molecule has 1 amide bonds. The first-order valence-corrected chi connectivity index (χ1v) is 8.84. The van der Waals surface area contributed by atoms with Crippen molar-refractivity contribution in [2.45, 2.75) is 39.2 Å². The van der Waals surface area contributed by atoms with Crippen molar-refractivity contribution >= 4 is 22.9 Å². The van der Waals surface area contributed by atoms with Gasteiger partial charge in [0.25, 0.3) is 0 Å². The largest absolute Gasteiger partial charge is 0.378 e. The first kappa shape index (κ1) is 17.5. The maximum atomic E-state index is 12.1. The van der Waals surface area contributed by atoms with Crippen LogP contribution in [0.3, 0.4) is 0 Å². The van der Waals surface area contributed by atoms with Gasteiger partial charge in [0.1, 0.15) is 0 Å². The van der Waals surface area contributed by atoms with Crippen LogP contribution in [-0.2, 0) is 24.1 Å². The standard InChI is InChI=1S/C18H25N3OS/c1-5-18-20-15(12-23-18)11-17(22)19-13(2)10-14-6-8-16(9-7-14)21(3)4/h6-9,12-13H,5,10-11H2,1-4H3,(H,19,22)/t13-/m1/s1. The van der Waals surface area contributed by atoms with Crippen molar-refractivity contribution in [3.8, 4) is 0 Å². The molecule has 23 heavy (non-hydrogen) atoms. The molecule has 0 aliphatic rings. The van der Waals surface area contributed by atoms with Gasteiger partial charge in [0.15, 0.2) is 0 Å². The number of aromatic nitrogens is 1. The highest BCUT2D eigenvalue weighted by molar-refractivity contribution is 7.09. The number of amides is 1. The SMILES string of the molecule is CCc1nc(CC(=O)N[C@H](C)Cc2ccc(N(C)C)cc2)cs1. The number of carbonyl (C=O) groups excluding carboxylic acids is 1. The Hall–Kier alpha value is -1.88. The Balaban J connectivity index is 1.83. The molecule has 4 nitrogen and oxygen atoms in total. The Bertz CT molecular complexity index is 634. The van der Waals surface area contributed by atoms with Crippen molar-refractivity contribution in [2.75, 3.05) is 19.0 Å². The molecule has 0 saturated heterocycles. The van der Waals surface area contributed by atoms with Gasteiger partial charge in [0.05, 0.1) is 17.1 Å². The maximum absolute atomic E-state index is 12.1. The fraction of sp³-hybridized carbons (Fsp3) is 0.444. The molecule has 5 heteroatoms. The number of thiazole rings is 1. The smallest absolute Gasteiger partial charge is 0.226 e. The molecule has 1 aromatic carbocycles. The number of hydrogen-bond donors (Lipinski definition) is 1. The van der Waals surface area contributed by atoms with Gasteiger partial charge in [-0.15, -0.1) is 11.3 Å². The number of anilines is 1. The lowest BCUT2D eigenvalue weighted by Gasteiger charge is -2.16. The Labute approximate surface area is 142 Å². The highest BCUT2D eigenvalue weighted by atomic mass is 32.1. The van der Waals surface area contributed by atoms with Crippen molar-refractivity contribution in [1.29, 1.82) is 0 Å². The summed E-state index contributed by atoms with van der Waals surface area (Å²) in [6, 6.07) is 8.55. The summed E-state index contributed by atoms with van der Waals surface area (Å²) >= 11 is 1.62. The van der Waals surface area contributed by atoms with Crippen molar-refractivity contribution < 1.29 is 4.79 Å². The quantitative estimate of drug-likeness (QED) is 0.848. The van der Waals surface area contributed by atoms with Gasteiger partial charge in [-0.1, -0.05) is 19.1 Å². The van der Waals surface area contributed by atoms with Crippen molar-refractivity contribution in [3.63, 3.8) is 0 Å². The minimum Gasteiger partial charge on any atom is -0.378 e. The first-order valence-electron chi connectivity index (χ1n) is 7.96. The van der Waals surface area contributed by atoms with Gasteiger partial charge < -0.3 is 10.2 Å². The predicted molar refractivity (Wildman–Crippen MR) is 97.3 cm³/mol. The lowest BCUT2D eigenvalue weighted by atomic mass is 10.1. The summed E-state index contributed by atoms with van der Waals surface area (Å²) in [5.74, 6) is 0.0374. The molecular formula is C18H25N3OS. The fourth-order valence-electron chi connectivity index (χ4n) is 2.42. The third-order valence-corrected chi connectivity index (χ3v) is 4.69. The first-order chi connectivity index (χ1) is 11.0. The molecule has 0 aliphatic heterocycles. The van der Waals surface area contributed by atoms with Crippen molar-refractivity contribution in [3.05, 3.63) is 45.9 Å². The van der Waals surface area contributed by atoms with Crippen LogP contribution in [0.25, 0.3) is 0 Å². The van der Waals surface area contributed by atoms with E-state index in [1.54, 1.807) is 11.3 Å². The second kappa shape index (κ2) is 8.11. The van der Waals surface area contributed by atoms with Crippen LogP contribution >= 0.6 is 11.3 Å². The number of nitrogens with one attached hydrogen (secondary N) is 1. The zero-order valence-corrected chi connectivity index (χ0v) is 15.1. The lowest BCUT2D eigenvalue weighted by molar-refractivity contribution is -0.121. The zero-order valence-electron chi connectivity index (χ0n) is 14.3. The molecule has 0 radical (unpaired) electrons. The van der Waals surface area contributed by atoms with Crippen LogP contribution < -0.4 is 10.2 Å². The van der Waals surface area contributed by atoms with Gasteiger partial charge in [-0.3, -0.25) is 4.79 Å². The van der Waals surface area contributed by atoms with E-state index in [1.807, 2.05) is 26.4 Å². The fourth-order valence-corrected chi connectivity index (χ4v) is 3.16. The molecule has 0 aliphatic carbocycles. The molecular weight excluding hydrogens is 306 g/mol. The number of nitrogens with zero attached hydrogens (tertiary/aromatic N) is 2. The van der Waals surface area contributed by atoms with Gasteiger partial charge in [0, 0.05) is 31.2 Å². The van der Waals surface area contributed by atoms with Gasteiger partial charge in [-0.05, 0) is 37.5 Å². The van der Waals surface area contributed by atoms with Gasteiger partial charge in [0.2, 0.25) is 5.91 Å². The van der Waals surface area contributed by atoms with Gasteiger partial charge in [-0.25, -0.2) is 4.98 Å². The van der Waals surface area contributed by atoms with Crippen LogP contribution in [-0.4, -0.2) is 31.0 Å². The Morgan fingerprint density at radius 2 is 2.00 bits per heavy atom. The molecule has 1 atom stereocenters. The van der Waals surface area contributed by atoms with Crippen LogP contribution in [0.4, 0.5) is 5.69 Å². The average Bonchev–Trinajstić information content (AvgIpc) is 2.95. The third-order valence-electron chi connectivity index (χ3n) is 3.65. The molecule has 0 fully saturated rings. The van der Waals surface area contributed by atoms with E-state index < -0.39 is 0 Å². The van der Waals surface area contributed by atoms with E-state index in [0.29, 0.717) is 6.42 Å². The minimum atomic E-state index is 0.0374. The molecule has 1 N–H and O–H groups in total. The summed E-state index contributed by atoms with van der Waals surface area (Å²) in [5.41, 5.74) is 3.28. The molecule has 124 valence electrons. The molecule has 1 heterocycles. The second-order valence-corrected chi connectivity index (χ2v) is 6.94. The van der Waals surface area contributed by atoms with Crippen molar-refractivity contribution in [1.82, 2.24) is 10.3 Å². The van der Waals surface area contributed by atoms with E-state index >= 15 is 0 Å². The van der Waals surface area contributed by atoms with Crippen LogP contribution in [0.15, 0.2) is 29.6 Å². The number of benzene rings is 1. The highest BCUT2D eigenvalue weighted by Crippen LogP contribution is 2.14. The number of aryl methyl sites for hydroxylation is 1. The molecule has 2 aromatic rings. The minimum absolute atomic E-state index is 0.0374. The molecule has 0 bridgehead atoms. The highest BCUT2D eigenvalue weighted by Gasteiger charge is 2.11. The van der Waals surface area contributed by atoms with Crippen LogP contribution in [0.5, 0.6) is 0 Å². The normalized spacial score (nSPS) is 12.0. The maximum Gasteiger partial charge on any atom is 0.226 e. The topological polar surface area (TPSA) is 45.2 Å². The summed E-state index contributed by atoms with van der Waals surface area (Å²) in [6.45, 7) is 4.11. The van der Waals surface area contributed by atoms with E-state index in [1.165, 1.54) is 11.3 Å². The molecule has 1 aromatic heterocycles.